The monoisotopic (exact) mass is 295 g/mol. The molecule has 0 aromatic heterocycles. The Labute approximate surface area is 126 Å². The Bertz CT molecular complexity index is 405. The van der Waals surface area contributed by atoms with Crippen molar-refractivity contribution in [2.24, 2.45) is 5.92 Å². The third-order valence-corrected chi connectivity index (χ3v) is 4.63. The van der Waals surface area contributed by atoms with E-state index in [2.05, 4.69) is 36.6 Å². The highest BCUT2D eigenvalue weighted by molar-refractivity contribution is 7.93. The van der Waals surface area contributed by atoms with E-state index in [1.165, 1.54) is 23.2 Å². The minimum absolute atomic E-state index is 0.489. The summed E-state index contributed by atoms with van der Waals surface area (Å²) in [6.07, 6.45) is 4.12. The van der Waals surface area contributed by atoms with Crippen molar-refractivity contribution in [3.8, 4) is 0 Å². The first kappa shape index (κ1) is 15.8. The van der Waals surface area contributed by atoms with Crippen molar-refractivity contribution >= 4 is 12.0 Å². The number of methoxy groups -OCH3 is 1. The molecule has 4 heteroatoms. The van der Waals surface area contributed by atoms with Gasteiger partial charge < -0.3 is 14.2 Å². The minimum Gasteiger partial charge on any atom is -0.385 e. The first-order chi connectivity index (χ1) is 9.81. The number of likely N-dealkylation sites (N-methyl/N-ethyl adjacent to an activating group) is 1. The summed E-state index contributed by atoms with van der Waals surface area (Å²) in [4.78, 5) is 0. The fraction of sp³-hybridized carbons (Fsp3) is 0.625. The van der Waals surface area contributed by atoms with Crippen molar-refractivity contribution in [3.05, 3.63) is 35.4 Å². The predicted octanol–water partition coefficient (Wildman–Crippen LogP) is 2.86. The molecule has 1 aromatic rings. The Balaban J connectivity index is 2.19. The number of fused-ring (bicyclic) bond motifs is 1. The second kappa shape index (κ2) is 8.03. The van der Waals surface area contributed by atoms with Crippen LogP contribution in [0.4, 0.5) is 0 Å². The van der Waals surface area contributed by atoms with E-state index < -0.39 is 0 Å². The lowest BCUT2D eigenvalue weighted by atomic mass is 9.83. The Hall–Kier alpha value is -0.550. The van der Waals surface area contributed by atoms with Crippen LogP contribution in [0.3, 0.4) is 0 Å². The lowest BCUT2D eigenvalue weighted by Crippen LogP contribution is -2.35. The Morgan fingerprint density at radius 2 is 2.20 bits per heavy atom. The van der Waals surface area contributed by atoms with Crippen molar-refractivity contribution < 1.29 is 8.92 Å². The molecule has 0 aliphatic heterocycles. The molecule has 0 amide bonds. The molecule has 1 aromatic carbocycles. The summed E-state index contributed by atoms with van der Waals surface area (Å²) in [5.74, 6) is 1.00. The number of benzene rings is 1. The third kappa shape index (κ3) is 3.55. The summed E-state index contributed by atoms with van der Waals surface area (Å²) in [7, 11) is 3.83. The number of nitrogens with one attached hydrogen (secondary N) is 1. The van der Waals surface area contributed by atoms with Crippen LogP contribution in [-0.4, -0.2) is 39.7 Å². The average Bonchev–Trinajstić information content (AvgIpc) is 2.86. The summed E-state index contributed by atoms with van der Waals surface area (Å²) in [5.41, 5.74) is 2.96. The van der Waals surface area contributed by atoms with Crippen LogP contribution >= 0.6 is 12.0 Å². The lowest BCUT2D eigenvalue weighted by Gasteiger charge is -2.29. The highest BCUT2D eigenvalue weighted by Crippen LogP contribution is 2.40. The second-order valence-electron chi connectivity index (χ2n) is 5.32. The van der Waals surface area contributed by atoms with Crippen molar-refractivity contribution in [1.29, 1.82) is 0 Å². The van der Waals surface area contributed by atoms with Crippen molar-refractivity contribution in [3.63, 3.8) is 0 Å². The molecule has 0 heterocycles. The molecule has 0 saturated carbocycles. The zero-order valence-electron chi connectivity index (χ0n) is 12.6. The van der Waals surface area contributed by atoms with E-state index in [4.69, 9.17) is 8.92 Å². The molecule has 0 bridgehead atoms. The molecule has 2 unspecified atom stereocenters. The molecule has 112 valence electrons. The summed E-state index contributed by atoms with van der Waals surface area (Å²) >= 11 is 1.45. The molecular formula is C16H25NO2S. The molecular weight excluding hydrogens is 270 g/mol. The molecule has 1 N–H and O–H groups in total. The van der Waals surface area contributed by atoms with Crippen molar-refractivity contribution in [2.45, 2.75) is 24.8 Å². The van der Waals surface area contributed by atoms with Crippen LogP contribution in [0.2, 0.25) is 0 Å². The standard InChI is InChI=1S/C16H25NO2S/c1-17-15-10-12-6-4-5-7-14(12)16(15)13(8-9-18-2)11-19-20-3/h4-7,13,15-17H,8-11H2,1-3H3/t13-,15?,16?/m1/s1. The summed E-state index contributed by atoms with van der Waals surface area (Å²) in [5, 5.41) is 3.49. The number of hydrogen-bond donors (Lipinski definition) is 1. The van der Waals surface area contributed by atoms with Crippen LogP contribution < -0.4 is 5.32 Å². The van der Waals surface area contributed by atoms with Gasteiger partial charge in [-0.15, -0.1) is 0 Å². The van der Waals surface area contributed by atoms with Gasteiger partial charge in [0.2, 0.25) is 0 Å². The molecule has 3 atom stereocenters. The maximum atomic E-state index is 5.65. The number of ether oxygens (including phenoxy) is 1. The number of hydrogen-bond acceptors (Lipinski definition) is 4. The second-order valence-corrected chi connectivity index (χ2v) is 5.89. The first-order valence-corrected chi connectivity index (χ1v) is 8.36. The summed E-state index contributed by atoms with van der Waals surface area (Å²) in [6, 6.07) is 9.31. The summed E-state index contributed by atoms with van der Waals surface area (Å²) in [6.45, 7) is 1.57. The maximum Gasteiger partial charge on any atom is 0.0649 e. The van der Waals surface area contributed by atoms with E-state index in [0.29, 0.717) is 17.9 Å². The van der Waals surface area contributed by atoms with Crippen LogP contribution in [0, 0.1) is 5.92 Å². The molecule has 1 aliphatic carbocycles. The van der Waals surface area contributed by atoms with Crippen molar-refractivity contribution in [2.75, 3.05) is 33.6 Å². The van der Waals surface area contributed by atoms with E-state index in [1.807, 2.05) is 6.26 Å². The van der Waals surface area contributed by atoms with Crippen LogP contribution in [-0.2, 0) is 15.3 Å². The zero-order chi connectivity index (χ0) is 14.4. The molecule has 0 fully saturated rings. The average molecular weight is 295 g/mol. The van der Waals surface area contributed by atoms with Gasteiger partial charge in [0.15, 0.2) is 0 Å². The quantitative estimate of drug-likeness (QED) is 0.747. The summed E-state index contributed by atoms with van der Waals surface area (Å²) < 4.78 is 10.9. The highest BCUT2D eigenvalue weighted by Gasteiger charge is 2.36. The molecule has 2 rings (SSSR count). The van der Waals surface area contributed by atoms with Gasteiger partial charge in [0.1, 0.15) is 0 Å². The van der Waals surface area contributed by atoms with Crippen LogP contribution in [0.1, 0.15) is 23.5 Å². The van der Waals surface area contributed by atoms with E-state index in [-0.39, 0.29) is 0 Å². The zero-order valence-corrected chi connectivity index (χ0v) is 13.4. The highest BCUT2D eigenvalue weighted by atomic mass is 32.2. The molecule has 0 saturated heterocycles. The fourth-order valence-corrected chi connectivity index (χ4v) is 3.59. The third-order valence-electron chi connectivity index (χ3n) is 4.26. The van der Waals surface area contributed by atoms with Crippen LogP contribution in [0.15, 0.2) is 24.3 Å². The van der Waals surface area contributed by atoms with Crippen LogP contribution in [0.5, 0.6) is 0 Å². The molecule has 1 aliphatic rings. The van der Waals surface area contributed by atoms with E-state index in [0.717, 1.165) is 26.1 Å². The van der Waals surface area contributed by atoms with E-state index in [9.17, 15) is 0 Å². The van der Waals surface area contributed by atoms with E-state index >= 15 is 0 Å². The topological polar surface area (TPSA) is 30.5 Å². The molecule has 0 spiro atoms. The minimum atomic E-state index is 0.489. The number of rotatable bonds is 8. The van der Waals surface area contributed by atoms with Gasteiger partial charge in [0.25, 0.3) is 0 Å². The largest absolute Gasteiger partial charge is 0.385 e. The van der Waals surface area contributed by atoms with Gasteiger partial charge in [-0.1, -0.05) is 24.3 Å². The van der Waals surface area contributed by atoms with Gasteiger partial charge in [0.05, 0.1) is 6.61 Å². The van der Waals surface area contributed by atoms with Crippen molar-refractivity contribution in [1.82, 2.24) is 5.32 Å². The van der Waals surface area contributed by atoms with Crippen LogP contribution in [0.25, 0.3) is 0 Å². The van der Waals surface area contributed by atoms with Gasteiger partial charge in [0, 0.05) is 31.9 Å². The molecule has 20 heavy (non-hydrogen) atoms. The van der Waals surface area contributed by atoms with Gasteiger partial charge in [-0.3, -0.25) is 0 Å². The predicted molar refractivity (Wildman–Crippen MR) is 85.2 cm³/mol. The van der Waals surface area contributed by atoms with Gasteiger partial charge in [-0.05, 0) is 49.0 Å². The maximum absolute atomic E-state index is 5.65. The van der Waals surface area contributed by atoms with E-state index in [1.54, 1.807) is 7.11 Å². The first-order valence-electron chi connectivity index (χ1n) is 7.21. The normalized spacial score (nSPS) is 22.8. The molecule has 3 nitrogen and oxygen atoms in total. The van der Waals surface area contributed by atoms with Gasteiger partial charge >= 0.3 is 0 Å². The van der Waals surface area contributed by atoms with Gasteiger partial charge in [-0.25, -0.2) is 0 Å². The Kier molecular flexibility index (Phi) is 6.36. The lowest BCUT2D eigenvalue weighted by molar-refractivity contribution is 0.144. The van der Waals surface area contributed by atoms with Gasteiger partial charge in [-0.2, -0.15) is 0 Å². The SMILES string of the molecule is CNC1Cc2ccccc2C1[C@H](CCOC)COSC. The Morgan fingerprint density at radius 1 is 1.40 bits per heavy atom. The smallest absolute Gasteiger partial charge is 0.0649 e. The fourth-order valence-electron chi connectivity index (χ4n) is 3.28. The Morgan fingerprint density at radius 3 is 2.90 bits per heavy atom. The molecule has 0 radical (unpaired) electrons.